The van der Waals surface area contributed by atoms with Crippen LogP contribution < -0.4 is 37.9 Å². The van der Waals surface area contributed by atoms with Crippen molar-refractivity contribution < 1.29 is 57.1 Å². The van der Waals surface area contributed by atoms with Crippen molar-refractivity contribution in [1.82, 2.24) is 0 Å². The van der Waals surface area contributed by atoms with Gasteiger partial charge < -0.3 is 37.9 Å². The summed E-state index contributed by atoms with van der Waals surface area (Å²) in [7, 11) is 0. The molecule has 0 heterocycles. The highest BCUT2D eigenvalue weighted by Gasteiger charge is 2.18. The number of carbonyl (C=O) groups is 4. The third-order valence-electron chi connectivity index (χ3n) is 11.2. The van der Waals surface area contributed by atoms with Crippen molar-refractivity contribution in [2.24, 2.45) is 0 Å². The number of hydrogen-bond donors (Lipinski definition) is 0. The first kappa shape index (κ1) is 54.1. The highest BCUT2D eigenvalue weighted by atomic mass is 16.6. The Morgan fingerprint density at radius 2 is 0.529 bits per heavy atom. The lowest BCUT2D eigenvalue weighted by Crippen LogP contribution is -2.12. The van der Waals surface area contributed by atoms with Gasteiger partial charge in [0.2, 0.25) is 0 Å². The van der Waals surface area contributed by atoms with E-state index in [-0.39, 0.29) is 34.1 Å². The quantitative estimate of drug-likeness (QED) is 0.0230. The number of unbranched alkanes of at least 4 members (excludes halogenated alkanes) is 12. The second-order valence-electron chi connectivity index (χ2n) is 17.0. The van der Waals surface area contributed by atoms with Crippen molar-refractivity contribution >= 4 is 23.9 Å². The van der Waals surface area contributed by atoms with Crippen LogP contribution in [0.4, 0.5) is 0 Å². The van der Waals surface area contributed by atoms with E-state index in [2.05, 4.69) is 27.7 Å². The van der Waals surface area contributed by atoms with Gasteiger partial charge in [0.05, 0.1) is 48.7 Å². The van der Waals surface area contributed by atoms with Crippen LogP contribution in [0.5, 0.6) is 46.0 Å². The normalized spacial score (nSPS) is 10.8. The Morgan fingerprint density at radius 1 is 0.286 bits per heavy atom. The third-order valence-corrected chi connectivity index (χ3v) is 11.2. The van der Waals surface area contributed by atoms with Gasteiger partial charge in [-0.25, -0.2) is 19.2 Å². The highest BCUT2D eigenvalue weighted by Crippen LogP contribution is 2.32. The molecule has 5 rings (SSSR count). The van der Waals surface area contributed by atoms with E-state index < -0.39 is 23.9 Å². The standard InChI is InChI=1S/C58H70O12/c1-5-9-13-17-37-63-51-35-25-45(41-53(51)65-39-19-15-11-7-3)57(61)69-49-31-27-47(28-32-49)67-55(59)43-21-23-44(24-22-43)56(60)68-48-29-33-50(34-30-48)70-58(62)46-26-36-52(64-38-18-14-10-6-2)54(42-46)66-40-20-16-12-8-4/h21-36,41-42H,5-20,37-40H2,1-4H3. The molecule has 5 aromatic carbocycles. The lowest BCUT2D eigenvalue weighted by atomic mass is 10.1. The monoisotopic (exact) mass is 958 g/mol. The molecule has 5 aromatic rings. The van der Waals surface area contributed by atoms with E-state index in [0.717, 1.165) is 103 Å². The van der Waals surface area contributed by atoms with Crippen molar-refractivity contribution in [1.29, 1.82) is 0 Å². The van der Waals surface area contributed by atoms with Gasteiger partial charge in [-0.3, -0.25) is 0 Å². The van der Waals surface area contributed by atoms with Gasteiger partial charge in [-0.1, -0.05) is 105 Å². The van der Waals surface area contributed by atoms with Crippen molar-refractivity contribution in [3.63, 3.8) is 0 Å². The smallest absolute Gasteiger partial charge is 0.343 e. The summed E-state index contributed by atoms with van der Waals surface area (Å²) in [6.45, 7) is 10.8. The molecule has 0 radical (unpaired) electrons. The minimum absolute atomic E-state index is 0.199. The second-order valence-corrected chi connectivity index (χ2v) is 17.0. The Kier molecular flexibility index (Phi) is 23.7. The average molecular weight is 959 g/mol. The van der Waals surface area contributed by atoms with Gasteiger partial charge >= 0.3 is 23.9 Å². The fraction of sp³-hybridized carbons (Fsp3) is 0.414. The zero-order valence-corrected chi connectivity index (χ0v) is 41.4. The summed E-state index contributed by atoms with van der Waals surface area (Å²) in [6.07, 6.45) is 17.1. The van der Waals surface area contributed by atoms with Crippen LogP contribution in [0, 0.1) is 0 Å². The van der Waals surface area contributed by atoms with Crippen LogP contribution in [0.1, 0.15) is 172 Å². The van der Waals surface area contributed by atoms with Crippen LogP contribution in [0.2, 0.25) is 0 Å². The molecule has 0 fully saturated rings. The molecule has 0 saturated carbocycles. The Bertz CT molecular complexity index is 2190. The summed E-state index contributed by atoms with van der Waals surface area (Å²) in [5.41, 5.74) is 1.02. The fourth-order valence-corrected chi connectivity index (χ4v) is 7.14. The molecule has 70 heavy (non-hydrogen) atoms. The molecule has 0 aromatic heterocycles. The molecule has 12 heteroatoms. The molecule has 0 bridgehead atoms. The molecule has 0 spiro atoms. The molecule has 0 N–H and O–H groups in total. The Labute approximate surface area is 413 Å². The number of rotatable bonds is 32. The molecular weight excluding hydrogens is 889 g/mol. The maximum absolute atomic E-state index is 13.2. The summed E-state index contributed by atoms with van der Waals surface area (Å²) >= 11 is 0. The molecule has 0 aliphatic heterocycles. The van der Waals surface area contributed by atoms with Crippen LogP contribution in [0.25, 0.3) is 0 Å². The van der Waals surface area contributed by atoms with Gasteiger partial charge in [-0.2, -0.15) is 0 Å². The maximum atomic E-state index is 13.2. The molecule has 0 amide bonds. The van der Waals surface area contributed by atoms with Crippen LogP contribution in [-0.2, 0) is 0 Å². The third kappa shape index (κ3) is 18.6. The summed E-state index contributed by atoms with van der Waals surface area (Å²) in [5, 5.41) is 0. The summed E-state index contributed by atoms with van der Waals surface area (Å²) in [5.74, 6) is 0.719. The predicted molar refractivity (Wildman–Crippen MR) is 271 cm³/mol. The minimum Gasteiger partial charge on any atom is -0.490 e. The topological polar surface area (TPSA) is 142 Å². The number of esters is 4. The van der Waals surface area contributed by atoms with Crippen LogP contribution >= 0.6 is 0 Å². The molecule has 374 valence electrons. The first-order valence-corrected chi connectivity index (χ1v) is 25.2. The van der Waals surface area contributed by atoms with E-state index in [9.17, 15) is 19.2 Å². The van der Waals surface area contributed by atoms with Gasteiger partial charge in [-0.15, -0.1) is 0 Å². The highest BCUT2D eigenvalue weighted by molar-refractivity contribution is 5.95. The molecule has 0 atom stereocenters. The molecule has 12 nitrogen and oxygen atoms in total. The minimum atomic E-state index is -0.655. The number of ether oxygens (including phenoxy) is 8. The van der Waals surface area contributed by atoms with Crippen LogP contribution in [0.15, 0.2) is 109 Å². The van der Waals surface area contributed by atoms with Crippen molar-refractivity contribution in [3.05, 3.63) is 131 Å². The zero-order valence-electron chi connectivity index (χ0n) is 41.4. The van der Waals surface area contributed by atoms with Crippen LogP contribution in [0.3, 0.4) is 0 Å². The first-order chi connectivity index (χ1) is 34.2. The predicted octanol–water partition coefficient (Wildman–Crippen LogP) is 14.4. The lowest BCUT2D eigenvalue weighted by molar-refractivity contribution is 0.0716. The van der Waals surface area contributed by atoms with E-state index in [0.29, 0.717) is 60.6 Å². The average Bonchev–Trinajstić information content (AvgIpc) is 3.37. The van der Waals surface area contributed by atoms with Gasteiger partial charge in [0.1, 0.15) is 23.0 Å². The molecular formula is C58H70O12. The first-order valence-electron chi connectivity index (χ1n) is 25.2. The van der Waals surface area contributed by atoms with E-state index in [1.165, 1.54) is 72.8 Å². The van der Waals surface area contributed by atoms with E-state index in [1.807, 2.05) is 0 Å². The zero-order chi connectivity index (χ0) is 49.8. The lowest BCUT2D eigenvalue weighted by Gasteiger charge is -2.14. The Hall–Kier alpha value is -6.82. The van der Waals surface area contributed by atoms with Gasteiger partial charge in [-0.05, 0) is 135 Å². The second kappa shape index (κ2) is 30.6. The molecule has 0 saturated heterocycles. The molecule has 0 unspecified atom stereocenters. The van der Waals surface area contributed by atoms with E-state index in [1.54, 1.807) is 36.4 Å². The molecule has 0 aliphatic rings. The SMILES string of the molecule is CCCCCCOc1ccc(C(=O)Oc2ccc(OC(=O)c3ccc(C(=O)Oc4ccc(OC(=O)c5ccc(OCCCCCC)c(OCCCCCC)c5)cc4)cc3)cc2)cc1OCCCCCC. The van der Waals surface area contributed by atoms with Crippen LogP contribution in [-0.4, -0.2) is 50.3 Å². The number of benzene rings is 5. The van der Waals surface area contributed by atoms with Gasteiger partial charge in [0.25, 0.3) is 0 Å². The Morgan fingerprint density at radius 3 is 0.800 bits per heavy atom. The van der Waals surface area contributed by atoms with Crippen molar-refractivity contribution in [2.45, 2.75) is 130 Å². The van der Waals surface area contributed by atoms with Gasteiger partial charge in [0.15, 0.2) is 23.0 Å². The van der Waals surface area contributed by atoms with Crippen molar-refractivity contribution in [3.8, 4) is 46.0 Å². The number of carbonyl (C=O) groups excluding carboxylic acids is 4. The summed E-state index contributed by atoms with van der Waals surface area (Å²) in [4.78, 5) is 52.4. The maximum Gasteiger partial charge on any atom is 0.343 e. The summed E-state index contributed by atoms with van der Waals surface area (Å²) in [6, 6.07) is 28.1. The number of hydrogen-bond acceptors (Lipinski definition) is 12. The Balaban J connectivity index is 1.10. The van der Waals surface area contributed by atoms with Gasteiger partial charge in [0, 0.05) is 0 Å². The summed E-state index contributed by atoms with van der Waals surface area (Å²) < 4.78 is 46.5. The van der Waals surface area contributed by atoms with E-state index >= 15 is 0 Å². The van der Waals surface area contributed by atoms with Crippen molar-refractivity contribution in [2.75, 3.05) is 26.4 Å². The fourth-order valence-electron chi connectivity index (χ4n) is 7.14. The largest absolute Gasteiger partial charge is 0.490 e. The van der Waals surface area contributed by atoms with E-state index in [4.69, 9.17) is 37.9 Å². The molecule has 0 aliphatic carbocycles.